The van der Waals surface area contributed by atoms with Crippen molar-refractivity contribution in [1.29, 1.82) is 0 Å². The Morgan fingerprint density at radius 1 is 1.17 bits per heavy atom. The number of methoxy groups -OCH3 is 1. The first-order chi connectivity index (χ1) is 14.2. The SMILES string of the molecule is COC1=c2nc(NC(=O)NCCN3CCCCC3)sc2=C(c2ccccc2)CC1. The molecule has 6 nitrogen and oxygen atoms in total. The number of urea groups is 1. The third-order valence-corrected chi connectivity index (χ3v) is 6.55. The molecule has 4 rings (SSSR count). The van der Waals surface area contributed by atoms with E-state index in [4.69, 9.17) is 4.74 Å². The quantitative estimate of drug-likeness (QED) is 0.765. The fourth-order valence-electron chi connectivity index (χ4n) is 4.00. The molecule has 2 aromatic rings. The molecule has 1 aromatic heterocycles. The van der Waals surface area contributed by atoms with E-state index in [0.717, 1.165) is 48.1 Å². The minimum absolute atomic E-state index is 0.201. The Morgan fingerprint density at radius 2 is 1.97 bits per heavy atom. The Kier molecular flexibility index (Phi) is 6.46. The van der Waals surface area contributed by atoms with Crippen molar-refractivity contribution in [1.82, 2.24) is 15.2 Å². The van der Waals surface area contributed by atoms with E-state index >= 15 is 0 Å². The highest BCUT2D eigenvalue weighted by Crippen LogP contribution is 2.23. The van der Waals surface area contributed by atoms with Gasteiger partial charge in [0.05, 0.1) is 11.6 Å². The molecule has 154 valence electrons. The van der Waals surface area contributed by atoms with Gasteiger partial charge in [-0.25, -0.2) is 9.78 Å². The van der Waals surface area contributed by atoms with Crippen molar-refractivity contribution in [3.63, 3.8) is 0 Å². The number of aromatic nitrogens is 1. The standard InChI is InChI=1S/C22H28N4O2S/c1-28-18-11-10-17(16-8-4-2-5-9-16)20-19(18)24-22(29-20)25-21(27)23-12-15-26-13-6-3-7-14-26/h2,4-5,8-9H,3,6-7,10-15H2,1H3,(H2,23,24,25,27). The Labute approximate surface area is 175 Å². The predicted octanol–water partition coefficient (Wildman–Crippen LogP) is 2.50. The lowest BCUT2D eigenvalue weighted by Crippen LogP contribution is -2.39. The average molecular weight is 413 g/mol. The minimum Gasteiger partial charge on any atom is -0.499 e. The number of nitrogens with one attached hydrogen (secondary N) is 2. The number of carbonyl (C=O) groups is 1. The molecule has 29 heavy (non-hydrogen) atoms. The van der Waals surface area contributed by atoms with E-state index in [1.54, 1.807) is 7.11 Å². The minimum atomic E-state index is -0.201. The van der Waals surface area contributed by atoms with Gasteiger partial charge in [0.1, 0.15) is 11.1 Å². The zero-order valence-corrected chi connectivity index (χ0v) is 17.7. The van der Waals surface area contributed by atoms with Crippen LogP contribution in [0.15, 0.2) is 30.3 Å². The van der Waals surface area contributed by atoms with E-state index in [2.05, 4.69) is 32.7 Å². The Hall–Kier alpha value is -2.38. The van der Waals surface area contributed by atoms with Crippen LogP contribution in [0.25, 0.3) is 11.3 Å². The monoisotopic (exact) mass is 412 g/mol. The molecule has 1 fully saturated rings. The van der Waals surface area contributed by atoms with Crippen molar-refractivity contribution < 1.29 is 9.53 Å². The first kappa shape index (κ1) is 19.9. The average Bonchev–Trinajstić information content (AvgIpc) is 3.18. The summed E-state index contributed by atoms with van der Waals surface area (Å²) in [5.74, 6) is 0.884. The molecule has 1 aromatic carbocycles. The van der Waals surface area contributed by atoms with E-state index < -0.39 is 0 Å². The zero-order valence-electron chi connectivity index (χ0n) is 16.9. The van der Waals surface area contributed by atoms with Crippen LogP contribution in [0.3, 0.4) is 0 Å². The van der Waals surface area contributed by atoms with Gasteiger partial charge in [0.2, 0.25) is 0 Å². The van der Waals surface area contributed by atoms with Gasteiger partial charge in [-0.3, -0.25) is 5.32 Å². The van der Waals surface area contributed by atoms with Crippen molar-refractivity contribution in [2.45, 2.75) is 32.1 Å². The third-order valence-electron chi connectivity index (χ3n) is 5.52. The summed E-state index contributed by atoms with van der Waals surface area (Å²) in [4.78, 5) is 19.4. The highest BCUT2D eigenvalue weighted by Gasteiger charge is 2.18. The Bertz CT molecular complexity index is 964. The second-order valence-corrected chi connectivity index (χ2v) is 8.45. The number of hydrogen-bond acceptors (Lipinski definition) is 5. The van der Waals surface area contributed by atoms with E-state index in [-0.39, 0.29) is 6.03 Å². The number of rotatable bonds is 6. The van der Waals surface area contributed by atoms with Gasteiger partial charge in [0.25, 0.3) is 0 Å². The van der Waals surface area contributed by atoms with Crippen LogP contribution in [0.1, 0.15) is 37.7 Å². The highest BCUT2D eigenvalue weighted by molar-refractivity contribution is 7.13. The van der Waals surface area contributed by atoms with Gasteiger partial charge in [-0.15, -0.1) is 0 Å². The lowest BCUT2D eigenvalue weighted by molar-refractivity contribution is 0.224. The fourth-order valence-corrected chi connectivity index (χ4v) is 5.08. The van der Waals surface area contributed by atoms with Crippen LogP contribution in [0.2, 0.25) is 0 Å². The summed E-state index contributed by atoms with van der Waals surface area (Å²) in [7, 11) is 1.69. The maximum atomic E-state index is 12.4. The number of anilines is 1. The van der Waals surface area contributed by atoms with Crippen molar-refractivity contribution in [3.8, 4) is 0 Å². The van der Waals surface area contributed by atoms with Crippen molar-refractivity contribution in [2.24, 2.45) is 0 Å². The van der Waals surface area contributed by atoms with Crippen LogP contribution in [0.4, 0.5) is 9.93 Å². The summed E-state index contributed by atoms with van der Waals surface area (Å²) in [6.45, 7) is 3.82. The highest BCUT2D eigenvalue weighted by atomic mass is 32.1. The summed E-state index contributed by atoms with van der Waals surface area (Å²) in [5, 5.41) is 7.33. The fraction of sp³-hybridized carbons (Fsp3) is 0.455. The summed E-state index contributed by atoms with van der Waals surface area (Å²) in [6, 6.07) is 10.2. The Balaban J connectivity index is 1.48. The van der Waals surface area contributed by atoms with Gasteiger partial charge in [-0.1, -0.05) is 48.1 Å². The molecular weight excluding hydrogens is 384 g/mol. The largest absolute Gasteiger partial charge is 0.499 e. The lowest BCUT2D eigenvalue weighted by Gasteiger charge is -2.26. The number of benzene rings is 1. The van der Waals surface area contributed by atoms with Crippen LogP contribution < -0.4 is 20.5 Å². The van der Waals surface area contributed by atoms with Gasteiger partial charge in [-0.05, 0) is 43.5 Å². The van der Waals surface area contributed by atoms with Crippen LogP contribution >= 0.6 is 11.3 Å². The number of likely N-dealkylation sites (tertiary alicyclic amines) is 1. The molecule has 2 N–H and O–H groups in total. The van der Waals surface area contributed by atoms with Gasteiger partial charge in [0.15, 0.2) is 5.13 Å². The third kappa shape index (κ3) is 4.79. The number of piperidine rings is 1. The Morgan fingerprint density at radius 3 is 2.72 bits per heavy atom. The van der Waals surface area contributed by atoms with Crippen molar-refractivity contribution in [2.75, 3.05) is 38.6 Å². The van der Waals surface area contributed by atoms with Gasteiger partial charge < -0.3 is 15.0 Å². The molecule has 0 unspecified atom stereocenters. The molecular formula is C22H28N4O2S. The molecule has 0 bridgehead atoms. The van der Waals surface area contributed by atoms with Crippen LogP contribution in [-0.2, 0) is 4.74 Å². The van der Waals surface area contributed by atoms with E-state index in [0.29, 0.717) is 11.7 Å². The number of amides is 2. The maximum Gasteiger partial charge on any atom is 0.321 e. The molecule has 1 saturated heterocycles. The molecule has 0 saturated carbocycles. The number of nitrogens with zero attached hydrogens (tertiary/aromatic N) is 2. The normalized spacial score (nSPS) is 17.0. The molecule has 2 amide bonds. The van der Waals surface area contributed by atoms with Gasteiger partial charge >= 0.3 is 6.03 Å². The molecule has 7 heteroatoms. The predicted molar refractivity (Wildman–Crippen MR) is 117 cm³/mol. The number of ether oxygens (including phenoxy) is 1. The smallest absolute Gasteiger partial charge is 0.321 e. The second-order valence-electron chi connectivity index (χ2n) is 7.45. The number of carbonyl (C=O) groups excluding carboxylic acids is 1. The van der Waals surface area contributed by atoms with Crippen LogP contribution in [-0.4, -0.2) is 49.2 Å². The van der Waals surface area contributed by atoms with Gasteiger partial charge in [0, 0.05) is 19.5 Å². The number of thiazole rings is 1. The number of hydrogen-bond donors (Lipinski definition) is 2. The summed E-state index contributed by atoms with van der Waals surface area (Å²) < 4.78 is 6.65. The van der Waals surface area contributed by atoms with Crippen LogP contribution in [0, 0.1) is 0 Å². The number of fused-ring (bicyclic) bond motifs is 1. The lowest BCUT2D eigenvalue weighted by atomic mass is 9.98. The topological polar surface area (TPSA) is 66.5 Å². The molecule has 2 heterocycles. The molecule has 1 aliphatic heterocycles. The van der Waals surface area contributed by atoms with Crippen molar-refractivity contribution in [3.05, 3.63) is 45.8 Å². The van der Waals surface area contributed by atoms with Crippen LogP contribution in [0.5, 0.6) is 0 Å². The summed E-state index contributed by atoms with van der Waals surface area (Å²) in [6.07, 6.45) is 5.56. The molecule has 1 aliphatic carbocycles. The summed E-state index contributed by atoms with van der Waals surface area (Å²) in [5.41, 5.74) is 2.46. The second kappa shape index (κ2) is 9.41. The van der Waals surface area contributed by atoms with Gasteiger partial charge in [-0.2, -0.15) is 0 Å². The molecule has 0 spiro atoms. The molecule has 0 radical (unpaired) electrons. The maximum absolute atomic E-state index is 12.4. The molecule has 2 aliphatic rings. The van der Waals surface area contributed by atoms with E-state index in [9.17, 15) is 4.79 Å². The molecule has 0 atom stereocenters. The first-order valence-corrected chi connectivity index (χ1v) is 11.2. The summed E-state index contributed by atoms with van der Waals surface area (Å²) >= 11 is 1.52. The first-order valence-electron chi connectivity index (χ1n) is 10.3. The van der Waals surface area contributed by atoms with Crippen molar-refractivity contribution >= 4 is 33.8 Å². The zero-order chi connectivity index (χ0) is 20.1. The van der Waals surface area contributed by atoms with E-state index in [1.165, 1.54) is 41.7 Å². The van der Waals surface area contributed by atoms with E-state index in [1.807, 2.05) is 18.2 Å².